The van der Waals surface area contributed by atoms with E-state index < -0.39 is 6.04 Å². The molecule has 4 fully saturated rings. The second-order valence-corrected chi connectivity index (χ2v) is 11.6. The van der Waals surface area contributed by atoms with Gasteiger partial charge in [-0.1, -0.05) is 54.6 Å². The van der Waals surface area contributed by atoms with Gasteiger partial charge in [-0.25, -0.2) is 0 Å². The number of aryl methyl sites for hydroxylation is 2. The number of carbonyl (C=O) groups is 1. The average Bonchev–Trinajstić information content (AvgIpc) is 2.85. The Morgan fingerprint density at radius 1 is 0.829 bits per heavy atom. The minimum Gasteiger partial charge on any atom is -0.370 e. The number of anilines is 2. The van der Waals surface area contributed by atoms with Crippen LogP contribution in [0.25, 0.3) is 0 Å². The van der Waals surface area contributed by atoms with E-state index in [1.165, 1.54) is 44.1 Å². The minimum absolute atomic E-state index is 0.0462. The van der Waals surface area contributed by atoms with Gasteiger partial charge in [-0.3, -0.25) is 4.79 Å². The van der Waals surface area contributed by atoms with Crippen LogP contribution in [0.1, 0.15) is 66.8 Å². The van der Waals surface area contributed by atoms with Crippen molar-refractivity contribution < 1.29 is 4.79 Å². The zero-order valence-electron chi connectivity index (χ0n) is 20.9. The fourth-order valence-corrected chi connectivity index (χ4v) is 7.57. The van der Waals surface area contributed by atoms with Gasteiger partial charge in [0.25, 0.3) is 5.91 Å². The number of benzene rings is 3. The summed E-state index contributed by atoms with van der Waals surface area (Å²) in [5.74, 6) is 2.77. The second-order valence-electron chi connectivity index (χ2n) is 11.6. The van der Waals surface area contributed by atoms with Crippen LogP contribution < -0.4 is 10.6 Å². The Morgan fingerprint density at radius 3 is 2.09 bits per heavy atom. The van der Waals surface area contributed by atoms with Gasteiger partial charge in [-0.05, 0) is 116 Å². The predicted octanol–water partition coefficient (Wildman–Crippen LogP) is 7.56. The molecule has 35 heavy (non-hydrogen) atoms. The van der Waals surface area contributed by atoms with Crippen molar-refractivity contribution in [2.45, 2.75) is 63.8 Å². The molecular formula is C32H36N2O. The molecule has 0 spiro atoms. The smallest absolute Gasteiger partial charge is 0.251 e. The van der Waals surface area contributed by atoms with E-state index in [4.69, 9.17) is 0 Å². The third kappa shape index (κ3) is 4.37. The van der Waals surface area contributed by atoms with E-state index in [1.807, 2.05) is 50.2 Å². The van der Waals surface area contributed by atoms with E-state index >= 15 is 0 Å². The summed E-state index contributed by atoms with van der Waals surface area (Å²) < 4.78 is 0. The van der Waals surface area contributed by atoms with Crippen molar-refractivity contribution in [3.63, 3.8) is 0 Å². The molecule has 2 N–H and O–H groups in total. The summed E-state index contributed by atoms with van der Waals surface area (Å²) >= 11 is 0. The number of carbonyl (C=O) groups excluding carboxylic acids is 1. The highest BCUT2D eigenvalue weighted by atomic mass is 16.2. The summed E-state index contributed by atoms with van der Waals surface area (Å²) in [6.07, 6.45) is 8.51. The maximum atomic E-state index is 13.5. The van der Waals surface area contributed by atoms with Gasteiger partial charge in [0.1, 0.15) is 6.04 Å². The third-order valence-corrected chi connectivity index (χ3v) is 8.89. The van der Waals surface area contributed by atoms with Gasteiger partial charge >= 0.3 is 0 Å². The van der Waals surface area contributed by atoms with Crippen LogP contribution in [0.2, 0.25) is 0 Å². The molecule has 4 bridgehead atoms. The van der Waals surface area contributed by atoms with Gasteiger partial charge in [0, 0.05) is 11.4 Å². The van der Waals surface area contributed by atoms with Crippen LogP contribution in [0, 0.1) is 31.6 Å². The number of amides is 1. The SMILES string of the molecule is Cc1ccc(C)c(NC(=O)[C@H](Nc2ccc(C34CC5CC(CC(C5)C3)C4)cc2)c2ccccc2)c1. The lowest BCUT2D eigenvalue weighted by atomic mass is 9.48. The summed E-state index contributed by atoms with van der Waals surface area (Å²) in [6, 6.07) is 24.7. The van der Waals surface area contributed by atoms with Crippen LogP contribution in [-0.2, 0) is 10.2 Å². The molecule has 4 aliphatic carbocycles. The van der Waals surface area contributed by atoms with Crippen LogP contribution in [0.3, 0.4) is 0 Å². The minimum atomic E-state index is -0.471. The van der Waals surface area contributed by atoms with E-state index in [-0.39, 0.29) is 5.91 Å². The number of hydrogen-bond acceptors (Lipinski definition) is 2. The van der Waals surface area contributed by atoms with Crippen LogP contribution >= 0.6 is 0 Å². The van der Waals surface area contributed by atoms with Gasteiger partial charge < -0.3 is 10.6 Å². The molecule has 0 heterocycles. The Bertz CT molecular complexity index is 1180. The summed E-state index contributed by atoms with van der Waals surface area (Å²) in [7, 11) is 0. The topological polar surface area (TPSA) is 41.1 Å². The second kappa shape index (κ2) is 8.86. The van der Waals surface area contributed by atoms with Gasteiger partial charge in [0.2, 0.25) is 0 Å². The van der Waals surface area contributed by atoms with Crippen molar-refractivity contribution in [2.24, 2.45) is 17.8 Å². The molecule has 0 radical (unpaired) electrons. The molecule has 7 rings (SSSR count). The lowest BCUT2D eigenvalue weighted by molar-refractivity contribution is -0.117. The Hall–Kier alpha value is -3.07. The molecule has 4 saturated carbocycles. The summed E-state index contributed by atoms with van der Waals surface area (Å²) in [5.41, 5.74) is 6.93. The molecule has 3 heteroatoms. The zero-order valence-corrected chi connectivity index (χ0v) is 20.9. The van der Waals surface area contributed by atoms with Crippen molar-refractivity contribution in [2.75, 3.05) is 10.6 Å². The molecule has 0 saturated heterocycles. The van der Waals surface area contributed by atoms with Crippen LogP contribution in [-0.4, -0.2) is 5.91 Å². The molecular weight excluding hydrogens is 428 g/mol. The monoisotopic (exact) mass is 464 g/mol. The van der Waals surface area contributed by atoms with Crippen molar-refractivity contribution >= 4 is 17.3 Å². The molecule has 0 aliphatic heterocycles. The summed E-state index contributed by atoms with van der Waals surface area (Å²) in [6.45, 7) is 4.08. The first-order chi connectivity index (χ1) is 17.0. The van der Waals surface area contributed by atoms with E-state index in [9.17, 15) is 4.79 Å². The van der Waals surface area contributed by atoms with Crippen LogP contribution in [0.5, 0.6) is 0 Å². The number of rotatable bonds is 6. The van der Waals surface area contributed by atoms with Crippen molar-refractivity contribution in [3.8, 4) is 0 Å². The molecule has 0 aromatic heterocycles. The molecule has 180 valence electrons. The van der Waals surface area contributed by atoms with Crippen molar-refractivity contribution in [1.29, 1.82) is 0 Å². The summed E-state index contributed by atoms with van der Waals surface area (Å²) in [5, 5.41) is 6.71. The largest absolute Gasteiger partial charge is 0.370 e. The third-order valence-electron chi connectivity index (χ3n) is 8.89. The summed E-state index contributed by atoms with van der Waals surface area (Å²) in [4.78, 5) is 13.5. The van der Waals surface area contributed by atoms with Crippen molar-refractivity contribution in [3.05, 3.63) is 95.1 Å². The van der Waals surface area contributed by atoms with E-state index in [2.05, 4.69) is 47.0 Å². The molecule has 4 aliphatic rings. The predicted molar refractivity (Wildman–Crippen MR) is 144 cm³/mol. The first-order valence-electron chi connectivity index (χ1n) is 13.3. The van der Waals surface area contributed by atoms with Gasteiger partial charge in [-0.15, -0.1) is 0 Å². The molecule has 1 amide bonds. The van der Waals surface area contributed by atoms with Crippen LogP contribution in [0.4, 0.5) is 11.4 Å². The lowest BCUT2D eigenvalue weighted by Gasteiger charge is -2.57. The molecule has 3 nitrogen and oxygen atoms in total. The fourth-order valence-electron chi connectivity index (χ4n) is 7.57. The maximum absolute atomic E-state index is 13.5. The standard InChI is InChI=1S/C32H36N2O/c1-21-8-9-22(2)29(14-21)34-31(35)30(26-6-4-3-5-7-26)33-28-12-10-27(11-13-28)32-18-23-15-24(19-32)17-25(16-23)20-32/h3-14,23-25,30,33H,15-20H2,1-2H3,(H,34,35)/t23?,24?,25?,30-,32?/m1/s1. The Morgan fingerprint density at radius 2 is 1.46 bits per heavy atom. The highest BCUT2D eigenvalue weighted by Gasteiger charge is 2.51. The Balaban J connectivity index is 1.24. The Kier molecular flexibility index (Phi) is 5.67. The van der Waals surface area contributed by atoms with Crippen LogP contribution in [0.15, 0.2) is 72.8 Å². The molecule has 3 aromatic rings. The highest BCUT2D eigenvalue weighted by molar-refractivity contribution is 5.98. The first kappa shape index (κ1) is 22.4. The Labute approximate surface area is 209 Å². The average molecular weight is 465 g/mol. The molecule has 1 atom stereocenters. The molecule has 3 aromatic carbocycles. The normalized spacial score (nSPS) is 27.4. The fraction of sp³-hybridized carbons (Fsp3) is 0.406. The quantitative estimate of drug-likeness (QED) is 0.395. The van der Waals surface area contributed by atoms with E-state index in [0.717, 1.165) is 45.8 Å². The zero-order chi connectivity index (χ0) is 24.0. The maximum Gasteiger partial charge on any atom is 0.251 e. The first-order valence-corrected chi connectivity index (χ1v) is 13.3. The lowest BCUT2D eigenvalue weighted by Crippen LogP contribution is -2.48. The van der Waals surface area contributed by atoms with Crippen molar-refractivity contribution in [1.82, 2.24) is 0 Å². The number of hydrogen-bond donors (Lipinski definition) is 2. The van der Waals surface area contributed by atoms with E-state index in [0.29, 0.717) is 5.41 Å². The highest BCUT2D eigenvalue weighted by Crippen LogP contribution is 2.60. The van der Waals surface area contributed by atoms with Gasteiger partial charge in [0.15, 0.2) is 0 Å². The van der Waals surface area contributed by atoms with Gasteiger partial charge in [-0.2, -0.15) is 0 Å². The molecule has 0 unspecified atom stereocenters. The van der Waals surface area contributed by atoms with Gasteiger partial charge in [0.05, 0.1) is 0 Å². The van der Waals surface area contributed by atoms with E-state index in [1.54, 1.807) is 0 Å². The number of nitrogens with one attached hydrogen (secondary N) is 2.